The van der Waals surface area contributed by atoms with Crippen molar-refractivity contribution in [3.8, 4) is 5.75 Å². The van der Waals surface area contributed by atoms with Crippen LogP contribution in [0, 0.1) is 11.6 Å². The topological polar surface area (TPSA) is 55.5 Å². The molecule has 16 heavy (non-hydrogen) atoms. The lowest BCUT2D eigenvalue weighted by Gasteiger charge is -2.13. The molecule has 0 radical (unpaired) electrons. The van der Waals surface area contributed by atoms with Gasteiger partial charge >= 0.3 is 0 Å². The Morgan fingerprint density at radius 1 is 1.38 bits per heavy atom. The highest BCUT2D eigenvalue weighted by molar-refractivity contribution is 5.85. The molecule has 3 nitrogen and oxygen atoms in total. The van der Waals surface area contributed by atoms with Gasteiger partial charge in [-0.25, -0.2) is 8.78 Å². The van der Waals surface area contributed by atoms with E-state index in [0.717, 1.165) is 12.1 Å². The summed E-state index contributed by atoms with van der Waals surface area (Å²) in [7, 11) is 1.32. The summed E-state index contributed by atoms with van der Waals surface area (Å²) in [5, 5.41) is 8.63. The summed E-state index contributed by atoms with van der Waals surface area (Å²) in [6, 6.07) is 1.28. The minimum absolute atomic E-state index is 0. The molecule has 6 heteroatoms. The maximum atomic E-state index is 13.4. The Bertz CT molecular complexity index is 327. The monoisotopic (exact) mass is 253 g/mol. The SMILES string of the molecule is COc1cc(F)c([C@H](N)CCO)c(F)c1.Cl. The van der Waals surface area contributed by atoms with Gasteiger partial charge in [-0.1, -0.05) is 0 Å². The van der Waals surface area contributed by atoms with E-state index in [1.807, 2.05) is 0 Å². The summed E-state index contributed by atoms with van der Waals surface area (Å²) in [4.78, 5) is 0. The normalized spacial score (nSPS) is 11.8. The van der Waals surface area contributed by atoms with Crippen LogP contribution < -0.4 is 10.5 Å². The van der Waals surface area contributed by atoms with Gasteiger partial charge in [-0.2, -0.15) is 0 Å². The van der Waals surface area contributed by atoms with E-state index in [0.29, 0.717) is 0 Å². The van der Waals surface area contributed by atoms with Crippen LogP contribution in [0.2, 0.25) is 0 Å². The van der Waals surface area contributed by atoms with E-state index in [1.165, 1.54) is 7.11 Å². The lowest BCUT2D eigenvalue weighted by Crippen LogP contribution is -2.15. The Hall–Kier alpha value is -0.910. The van der Waals surface area contributed by atoms with E-state index in [1.54, 1.807) is 0 Å². The smallest absolute Gasteiger partial charge is 0.134 e. The first kappa shape index (κ1) is 15.1. The van der Waals surface area contributed by atoms with Crippen LogP contribution in [0.15, 0.2) is 12.1 Å². The van der Waals surface area contributed by atoms with Crippen LogP contribution >= 0.6 is 12.4 Å². The van der Waals surface area contributed by atoms with E-state index < -0.39 is 17.7 Å². The molecule has 3 N–H and O–H groups in total. The molecule has 0 bridgehead atoms. The lowest BCUT2D eigenvalue weighted by molar-refractivity contribution is 0.274. The number of halogens is 3. The number of hydrogen-bond donors (Lipinski definition) is 2. The molecule has 0 aromatic heterocycles. The number of methoxy groups -OCH3 is 1. The third-order valence-electron chi connectivity index (χ3n) is 2.10. The minimum Gasteiger partial charge on any atom is -0.497 e. The molecule has 1 aromatic rings. The van der Waals surface area contributed by atoms with Crippen molar-refractivity contribution in [3.05, 3.63) is 29.3 Å². The summed E-state index contributed by atoms with van der Waals surface area (Å²) >= 11 is 0. The van der Waals surface area contributed by atoms with E-state index in [2.05, 4.69) is 0 Å². The van der Waals surface area contributed by atoms with Crippen LogP contribution in [0.5, 0.6) is 5.75 Å². The quantitative estimate of drug-likeness (QED) is 0.860. The van der Waals surface area contributed by atoms with Crippen molar-refractivity contribution >= 4 is 12.4 Å². The third kappa shape index (κ3) is 3.30. The molecule has 0 heterocycles. The first-order valence-electron chi connectivity index (χ1n) is 4.49. The highest BCUT2D eigenvalue weighted by Crippen LogP contribution is 2.25. The Morgan fingerprint density at radius 2 is 1.88 bits per heavy atom. The fourth-order valence-electron chi connectivity index (χ4n) is 1.32. The number of nitrogens with two attached hydrogens (primary N) is 1. The first-order chi connectivity index (χ1) is 7.10. The summed E-state index contributed by atoms with van der Waals surface area (Å²) in [6.45, 7) is -0.216. The van der Waals surface area contributed by atoms with Gasteiger partial charge in [0, 0.05) is 30.3 Å². The molecule has 1 atom stereocenters. The van der Waals surface area contributed by atoms with Gasteiger partial charge in [0.1, 0.15) is 17.4 Å². The van der Waals surface area contributed by atoms with Crippen LogP contribution in [0.1, 0.15) is 18.0 Å². The fourth-order valence-corrected chi connectivity index (χ4v) is 1.32. The molecule has 0 saturated carbocycles. The molecule has 0 spiro atoms. The Morgan fingerprint density at radius 3 is 2.25 bits per heavy atom. The van der Waals surface area contributed by atoms with E-state index in [-0.39, 0.29) is 36.7 Å². The summed E-state index contributed by atoms with van der Waals surface area (Å²) in [6.07, 6.45) is 0.111. The predicted octanol–water partition coefficient (Wildman–Crippen LogP) is 1.78. The average molecular weight is 254 g/mol. The molecule has 0 aliphatic carbocycles. The van der Waals surface area contributed by atoms with Crippen molar-refractivity contribution in [1.29, 1.82) is 0 Å². The summed E-state index contributed by atoms with van der Waals surface area (Å²) in [5.41, 5.74) is 5.30. The lowest BCUT2D eigenvalue weighted by atomic mass is 10.0. The molecule has 92 valence electrons. The molecule has 0 fully saturated rings. The van der Waals surface area contributed by atoms with Gasteiger partial charge in [0.15, 0.2) is 0 Å². The van der Waals surface area contributed by atoms with Crippen LogP contribution in [0.4, 0.5) is 8.78 Å². The van der Waals surface area contributed by atoms with Crippen molar-refractivity contribution in [1.82, 2.24) is 0 Å². The molecule has 0 aliphatic heterocycles. The van der Waals surface area contributed by atoms with E-state index in [4.69, 9.17) is 15.6 Å². The first-order valence-corrected chi connectivity index (χ1v) is 4.49. The molecular formula is C10H14ClF2NO2. The largest absolute Gasteiger partial charge is 0.497 e. The summed E-state index contributed by atoms with van der Waals surface area (Å²) < 4.78 is 31.5. The maximum absolute atomic E-state index is 13.4. The minimum atomic E-state index is -0.846. The molecule has 0 unspecified atom stereocenters. The molecule has 1 rings (SSSR count). The van der Waals surface area contributed by atoms with Gasteiger partial charge in [0.05, 0.1) is 7.11 Å². The predicted molar refractivity (Wildman–Crippen MR) is 58.8 cm³/mol. The number of aliphatic hydroxyl groups excluding tert-OH is 1. The van der Waals surface area contributed by atoms with Gasteiger partial charge in [-0.3, -0.25) is 0 Å². The van der Waals surface area contributed by atoms with Crippen LogP contribution in [0.25, 0.3) is 0 Å². The Balaban J connectivity index is 0.00000225. The zero-order valence-corrected chi connectivity index (χ0v) is 9.56. The van der Waals surface area contributed by atoms with Gasteiger partial charge in [-0.15, -0.1) is 12.4 Å². The van der Waals surface area contributed by atoms with Gasteiger partial charge in [0.2, 0.25) is 0 Å². The van der Waals surface area contributed by atoms with E-state index in [9.17, 15) is 8.78 Å². The second-order valence-corrected chi connectivity index (χ2v) is 3.12. The number of aliphatic hydroxyl groups is 1. The van der Waals surface area contributed by atoms with Crippen molar-refractivity contribution in [2.75, 3.05) is 13.7 Å². The molecule has 0 saturated heterocycles. The second-order valence-electron chi connectivity index (χ2n) is 3.12. The second kappa shape index (κ2) is 6.62. The number of rotatable bonds is 4. The highest BCUT2D eigenvalue weighted by atomic mass is 35.5. The van der Waals surface area contributed by atoms with Gasteiger partial charge in [-0.05, 0) is 6.42 Å². The number of ether oxygens (including phenoxy) is 1. The number of hydrogen-bond acceptors (Lipinski definition) is 3. The van der Waals surface area contributed by atoms with Crippen LogP contribution in [-0.2, 0) is 0 Å². The van der Waals surface area contributed by atoms with Crippen molar-refractivity contribution in [2.45, 2.75) is 12.5 Å². The zero-order valence-electron chi connectivity index (χ0n) is 8.74. The Kier molecular flexibility index (Phi) is 6.25. The third-order valence-corrected chi connectivity index (χ3v) is 2.10. The van der Waals surface area contributed by atoms with Crippen molar-refractivity contribution < 1.29 is 18.6 Å². The van der Waals surface area contributed by atoms with Crippen LogP contribution in [-0.4, -0.2) is 18.8 Å². The highest BCUT2D eigenvalue weighted by Gasteiger charge is 2.17. The number of benzene rings is 1. The van der Waals surface area contributed by atoms with Gasteiger partial charge in [0.25, 0.3) is 0 Å². The summed E-state index contributed by atoms with van der Waals surface area (Å²) in [5.74, 6) is -1.41. The van der Waals surface area contributed by atoms with Crippen LogP contribution in [0.3, 0.4) is 0 Å². The average Bonchev–Trinajstić information content (AvgIpc) is 2.16. The van der Waals surface area contributed by atoms with E-state index >= 15 is 0 Å². The molecule has 0 aliphatic rings. The molecule has 1 aromatic carbocycles. The van der Waals surface area contributed by atoms with Crippen molar-refractivity contribution in [3.63, 3.8) is 0 Å². The van der Waals surface area contributed by atoms with Crippen molar-refractivity contribution in [2.24, 2.45) is 5.73 Å². The Labute approximate surface area is 98.6 Å². The zero-order chi connectivity index (χ0) is 11.4. The molecule has 0 amide bonds. The molecular weight excluding hydrogens is 240 g/mol. The maximum Gasteiger partial charge on any atom is 0.134 e. The van der Waals surface area contributed by atoms with Gasteiger partial charge < -0.3 is 15.6 Å². The standard InChI is InChI=1S/C10H13F2NO2.ClH/c1-15-6-4-7(11)10(8(12)5-6)9(13)2-3-14;/h4-5,9,14H,2-3,13H2,1H3;1H/t9-;/m1./s1. The fraction of sp³-hybridized carbons (Fsp3) is 0.400.